The molecule has 1 aromatic carbocycles. The number of nitrogens with one attached hydrogen (secondary N) is 1. The Morgan fingerprint density at radius 1 is 1.38 bits per heavy atom. The van der Waals surface area contributed by atoms with Crippen molar-refractivity contribution in [3.8, 4) is 5.75 Å². The van der Waals surface area contributed by atoms with Crippen LogP contribution in [0, 0.1) is 0 Å². The predicted octanol–water partition coefficient (Wildman–Crippen LogP) is 2.67. The first-order valence-electron chi connectivity index (χ1n) is 8.98. The number of carbonyl (C=O) groups is 1. The first-order valence-corrected chi connectivity index (χ1v) is 8.98. The second kappa shape index (κ2) is 7.43. The highest BCUT2D eigenvalue weighted by molar-refractivity contribution is 5.74. The summed E-state index contributed by atoms with van der Waals surface area (Å²) in [6.45, 7) is 1.82. The zero-order valence-corrected chi connectivity index (χ0v) is 14.5. The van der Waals surface area contributed by atoms with E-state index in [1.165, 1.54) is 18.4 Å². The fourth-order valence-electron chi connectivity index (χ4n) is 4.07. The van der Waals surface area contributed by atoms with Gasteiger partial charge < -0.3 is 20.1 Å². The monoisotopic (exact) mass is 332 g/mol. The molecule has 1 aromatic rings. The number of nitrogens with zero attached hydrogens (tertiary/aromatic N) is 1. The highest BCUT2D eigenvalue weighted by Gasteiger charge is 2.36. The molecule has 1 saturated carbocycles. The van der Waals surface area contributed by atoms with Crippen molar-refractivity contribution in [1.82, 2.24) is 10.2 Å². The van der Waals surface area contributed by atoms with Gasteiger partial charge in [0.05, 0.1) is 13.2 Å². The summed E-state index contributed by atoms with van der Waals surface area (Å²) in [5.74, 6) is 0.865. The van der Waals surface area contributed by atoms with Crippen LogP contribution in [0.4, 0.5) is 4.79 Å². The zero-order valence-electron chi connectivity index (χ0n) is 14.5. The van der Waals surface area contributed by atoms with Crippen LogP contribution in [0.1, 0.15) is 44.1 Å². The van der Waals surface area contributed by atoms with E-state index in [-0.39, 0.29) is 17.6 Å². The van der Waals surface area contributed by atoms with Crippen molar-refractivity contribution in [3.63, 3.8) is 0 Å². The molecular formula is C19H28N2O3. The van der Waals surface area contributed by atoms with Crippen LogP contribution in [0.15, 0.2) is 24.3 Å². The molecule has 1 aliphatic heterocycles. The van der Waals surface area contributed by atoms with E-state index < -0.39 is 0 Å². The van der Waals surface area contributed by atoms with Crippen LogP contribution in [0.25, 0.3) is 0 Å². The number of aliphatic hydroxyl groups is 1. The third-order valence-electron chi connectivity index (χ3n) is 5.50. The molecular weight excluding hydrogens is 304 g/mol. The molecule has 1 heterocycles. The number of amides is 2. The quantitative estimate of drug-likeness (QED) is 0.891. The van der Waals surface area contributed by atoms with Crippen LogP contribution in [0.2, 0.25) is 0 Å². The van der Waals surface area contributed by atoms with Crippen LogP contribution in [0.5, 0.6) is 5.75 Å². The van der Waals surface area contributed by atoms with Gasteiger partial charge in [0.25, 0.3) is 0 Å². The first-order chi connectivity index (χ1) is 11.6. The van der Waals surface area contributed by atoms with E-state index >= 15 is 0 Å². The Kier molecular flexibility index (Phi) is 5.29. The van der Waals surface area contributed by atoms with E-state index in [0.29, 0.717) is 13.1 Å². The van der Waals surface area contributed by atoms with Crippen LogP contribution >= 0.6 is 0 Å². The minimum absolute atomic E-state index is 0.00139. The van der Waals surface area contributed by atoms with Gasteiger partial charge in [-0.15, -0.1) is 0 Å². The Hall–Kier alpha value is -1.75. The van der Waals surface area contributed by atoms with Gasteiger partial charge in [-0.1, -0.05) is 25.0 Å². The second-order valence-corrected chi connectivity index (χ2v) is 7.12. The minimum atomic E-state index is -0.386. The summed E-state index contributed by atoms with van der Waals surface area (Å²) >= 11 is 0. The van der Waals surface area contributed by atoms with Crippen molar-refractivity contribution in [2.75, 3.05) is 26.7 Å². The topological polar surface area (TPSA) is 61.8 Å². The number of rotatable bonds is 4. The van der Waals surface area contributed by atoms with Crippen molar-refractivity contribution < 1.29 is 14.6 Å². The van der Waals surface area contributed by atoms with Gasteiger partial charge in [0.15, 0.2) is 0 Å². The molecule has 1 atom stereocenters. The molecule has 2 N–H and O–H groups in total. The largest absolute Gasteiger partial charge is 0.497 e. The second-order valence-electron chi connectivity index (χ2n) is 7.12. The Morgan fingerprint density at radius 3 is 2.88 bits per heavy atom. The fraction of sp³-hybridized carbons (Fsp3) is 0.632. The van der Waals surface area contributed by atoms with Crippen molar-refractivity contribution in [3.05, 3.63) is 29.8 Å². The molecule has 0 spiro atoms. The lowest BCUT2D eigenvalue weighted by atomic mass is 9.78. The summed E-state index contributed by atoms with van der Waals surface area (Å²) < 4.78 is 5.37. The molecule has 132 valence electrons. The maximum absolute atomic E-state index is 12.5. The Balaban J connectivity index is 1.68. The average molecular weight is 332 g/mol. The number of benzene rings is 1. The van der Waals surface area contributed by atoms with Gasteiger partial charge in [0.2, 0.25) is 0 Å². The standard InChI is InChI=1S/C19H28N2O3/c1-24-17-8-4-6-15(12-17)19(9-2-3-10-19)14-20-18(23)21-11-5-7-16(22)13-21/h4,6,8,12,16,22H,2-3,5,7,9-11,13-14H2,1H3,(H,20,23). The number of methoxy groups -OCH3 is 1. The zero-order chi connectivity index (χ0) is 17.0. The molecule has 2 amide bonds. The average Bonchev–Trinajstić information content (AvgIpc) is 3.10. The lowest BCUT2D eigenvalue weighted by Crippen LogP contribution is -2.50. The smallest absolute Gasteiger partial charge is 0.317 e. The molecule has 5 nitrogen and oxygen atoms in total. The van der Waals surface area contributed by atoms with Gasteiger partial charge in [0.1, 0.15) is 5.75 Å². The molecule has 1 unspecified atom stereocenters. The van der Waals surface area contributed by atoms with E-state index in [1.807, 2.05) is 12.1 Å². The van der Waals surface area contributed by atoms with Crippen molar-refractivity contribution in [1.29, 1.82) is 0 Å². The molecule has 0 aromatic heterocycles. The SMILES string of the molecule is COc1cccc(C2(CNC(=O)N3CCCC(O)C3)CCCC2)c1. The molecule has 1 aliphatic carbocycles. The first kappa shape index (κ1) is 17.1. The highest BCUT2D eigenvalue weighted by atomic mass is 16.5. The third-order valence-corrected chi connectivity index (χ3v) is 5.50. The van der Waals surface area contributed by atoms with Crippen molar-refractivity contribution in [2.45, 2.75) is 50.0 Å². The predicted molar refractivity (Wildman–Crippen MR) is 93.4 cm³/mol. The summed E-state index contributed by atoms with van der Waals surface area (Å²) in [7, 11) is 1.68. The Bertz CT molecular complexity index is 569. The summed E-state index contributed by atoms with van der Waals surface area (Å²) in [5, 5.41) is 12.9. The van der Waals surface area contributed by atoms with Crippen molar-refractivity contribution in [2.24, 2.45) is 0 Å². The van der Waals surface area contributed by atoms with Gasteiger partial charge in [-0.2, -0.15) is 0 Å². The van der Waals surface area contributed by atoms with Crippen LogP contribution in [0.3, 0.4) is 0 Å². The lowest BCUT2D eigenvalue weighted by molar-refractivity contribution is 0.0837. The number of likely N-dealkylation sites (tertiary alicyclic amines) is 1. The number of hydrogen-bond acceptors (Lipinski definition) is 3. The van der Waals surface area contributed by atoms with E-state index in [0.717, 1.165) is 38.0 Å². The number of piperidine rings is 1. The summed E-state index contributed by atoms with van der Waals surface area (Å²) in [5.41, 5.74) is 1.25. The van der Waals surface area contributed by atoms with Crippen LogP contribution in [-0.4, -0.2) is 48.9 Å². The number of β-amino-alcohol motifs (C(OH)–C–C–N with tert-alkyl or cyclic N) is 1. The van der Waals surface area contributed by atoms with E-state index in [1.54, 1.807) is 12.0 Å². The number of aliphatic hydroxyl groups excluding tert-OH is 1. The van der Waals surface area contributed by atoms with E-state index in [4.69, 9.17) is 4.74 Å². The van der Waals surface area contributed by atoms with Gasteiger partial charge in [-0.3, -0.25) is 0 Å². The Morgan fingerprint density at radius 2 is 2.17 bits per heavy atom. The highest BCUT2D eigenvalue weighted by Crippen LogP contribution is 2.41. The molecule has 2 aliphatic rings. The van der Waals surface area contributed by atoms with Gasteiger partial charge in [-0.05, 0) is 43.4 Å². The van der Waals surface area contributed by atoms with Gasteiger partial charge >= 0.3 is 6.03 Å². The maximum atomic E-state index is 12.5. The summed E-state index contributed by atoms with van der Waals surface area (Å²) in [4.78, 5) is 14.2. The molecule has 1 saturated heterocycles. The van der Waals surface area contributed by atoms with Crippen LogP contribution < -0.4 is 10.1 Å². The number of hydrogen-bond donors (Lipinski definition) is 2. The summed E-state index contributed by atoms with van der Waals surface area (Å²) in [6, 6.07) is 8.17. The molecule has 5 heteroatoms. The van der Waals surface area contributed by atoms with Gasteiger partial charge in [-0.25, -0.2) is 4.79 Å². The Labute approximate surface area is 144 Å². The summed E-state index contributed by atoms with van der Waals surface area (Å²) in [6.07, 6.45) is 5.83. The van der Waals surface area contributed by atoms with E-state index in [2.05, 4.69) is 17.4 Å². The molecule has 24 heavy (non-hydrogen) atoms. The molecule has 3 rings (SSSR count). The van der Waals surface area contributed by atoms with Crippen LogP contribution in [-0.2, 0) is 5.41 Å². The number of carbonyl (C=O) groups excluding carboxylic acids is 1. The molecule has 0 radical (unpaired) electrons. The van der Waals surface area contributed by atoms with Crippen molar-refractivity contribution >= 4 is 6.03 Å². The maximum Gasteiger partial charge on any atom is 0.317 e. The number of ether oxygens (including phenoxy) is 1. The third kappa shape index (κ3) is 3.66. The molecule has 0 bridgehead atoms. The molecule has 2 fully saturated rings. The number of urea groups is 1. The van der Waals surface area contributed by atoms with E-state index in [9.17, 15) is 9.90 Å². The fourth-order valence-corrected chi connectivity index (χ4v) is 4.07. The normalized spacial score (nSPS) is 23.1. The minimum Gasteiger partial charge on any atom is -0.497 e. The lowest BCUT2D eigenvalue weighted by Gasteiger charge is -2.34. The van der Waals surface area contributed by atoms with Gasteiger partial charge in [0, 0.05) is 25.0 Å².